The largest absolute Gasteiger partial charge is 0.310 e. The number of benzene rings is 10. The predicted octanol–water partition coefficient (Wildman–Crippen LogP) is 15.8. The third kappa shape index (κ3) is 6.66. The molecule has 0 amide bonds. The molecule has 0 aliphatic rings. The van der Waals surface area contributed by atoms with Crippen molar-refractivity contribution in [3.8, 4) is 55.6 Å². The lowest BCUT2D eigenvalue weighted by molar-refractivity contribution is 1.28. The molecule has 0 aromatic heterocycles. The fourth-order valence-corrected chi connectivity index (χ4v) is 8.24. The summed E-state index contributed by atoms with van der Waals surface area (Å²) in [6, 6.07) is 85.7. The van der Waals surface area contributed by atoms with Gasteiger partial charge in [0.05, 0.1) is 5.69 Å². The number of fused-ring (bicyclic) bond motifs is 2. The normalized spacial score (nSPS) is 11.2. The molecule has 57 heavy (non-hydrogen) atoms. The lowest BCUT2D eigenvalue weighted by atomic mass is 9.92. The molecule has 0 fully saturated rings. The van der Waals surface area contributed by atoms with E-state index in [1.54, 1.807) is 0 Å². The quantitative estimate of drug-likeness (QED) is 0.151. The van der Waals surface area contributed by atoms with E-state index in [0.29, 0.717) is 0 Å². The molecular weight excluding hydrogens is 687 g/mol. The minimum absolute atomic E-state index is 1.09. The molecule has 0 bridgehead atoms. The third-order valence-corrected chi connectivity index (χ3v) is 11.1. The first-order valence-corrected chi connectivity index (χ1v) is 19.6. The standard InChI is InChI=1S/C56H39N/c1-2-17-42(18-3-1)52-24-10-11-26-54(52)55-27-12-13-28-56(55)57(50-22-14-21-46(39-50)47-31-29-40-15-4-6-19-44(40)37-47)49-35-33-43(34-36-49)51-23-8-9-25-53(51)48-32-30-41-16-5-7-20-45(41)38-48/h1-39H. The molecule has 0 aliphatic carbocycles. The molecule has 0 saturated heterocycles. The van der Waals surface area contributed by atoms with E-state index in [9.17, 15) is 0 Å². The number of anilines is 3. The number of rotatable bonds is 8. The maximum absolute atomic E-state index is 2.42. The zero-order valence-electron chi connectivity index (χ0n) is 31.5. The van der Waals surface area contributed by atoms with Crippen LogP contribution in [0.5, 0.6) is 0 Å². The summed E-state index contributed by atoms with van der Waals surface area (Å²) in [6.07, 6.45) is 0. The Morgan fingerprint density at radius 2 is 0.649 bits per heavy atom. The Morgan fingerprint density at radius 1 is 0.211 bits per heavy atom. The van der Waals surface area contributed by atoms with E-state index in [1.165, 1.54) is 77.2 Å². The predicted molar refractivity (Wildman–Crippen MR) is 243 cm³/mol. The molecular formula is C56H39N. The average Bonchev–Trinajstić information content (AvgIpc) is 3.29. The first-order chi connectivity index (χ1) is 28.3. The highest BCUT2D eigenvalue weighted by molar-refractivity contribution is 5.96. The van der Waals surface area contributed by atoms with Crippen LogP contribution in [0.15, 0.2) is 237 Å². The van der Waals surface area contributed by atoms with Gasteiger partial charge in [0, 0.05) is 16.9 Å². The summed E-state index contributed by atoms with van der Waals surface area (Å²) in [5.74, 6) is 0. The summed E-state index contributed by atoms with van der Waals surface area (Å²) in [6.45, 7) is 0. The molecule has 0 aliphatic heterocycles. The van der Waals surface area contributed by atoms with E-state index in [0.717, 1.165) is 17.1 Å². The van der Waals surface area contributed by atoms with Gasteiger partial charge in [-0.25, -0.2) is 0 Å². The van der Waals surface area contributed by atoms with Gasteiger partial charge < -0.3 is 4.90 Å². The fourth-order valence-electron chi connectivity index (χ4n) is 8.24. The van der Waals surface area contributed by atoms with Crippen molar-refractivity contribution in [2.45, 2.75) is 0 Å². The van der Waals surface area contributed by atoms with Crippen LogP contribution in [0.1, 0.15) is 0 Å². The highest BCUT2D eigenvalue weighted by Crippen LogP contribution is 2.45. The molecule has 10 aromatic carbocycles. The van der Waals surface area contributed by atoms with Gasteiger partial charge in [0.2, 0.25) is 0 Å². The first kappa shape index (κ1) is 34.0. The molecule has 0 saturated carbocycles. The van der Waals surface area contributed by atoms with Gasteiger partial charge in [0.15, 0.2) is 0 Å². The number of nitrogens with zero attached hydrogens (tertiary/aromatic N) is 1. The van der Waals surface area contributed by atoms with Gasteiger partial charge >= 0.3 is 0 Å². The topological polar surface area (TPSA) is 3.24 Å². The maximum atomic E-state index is 2.42. The fraction of sp³-hybridized carbons (Fsp3) is 0. The lowest BCUT2D eigenvalue weighted by Gasteiger charge is -2.29. The number of para-hydroxylation sites is 1. The Bertz CT molecular complexity index is 3010. The lowest BCUT2D eigenvalue weighted by Crippen LogP contribution is -2.11. The minimum Gasteiger partial charge on any atom is -0.310 e. The molecule has 0 heterocycles. The maximum Gasteiger partial charge on any atom is 0.0540 e. The van der Waals surface area contributed by atoms with Crippen LogP contribution >= 0.6 is 0 Å². The summed E-state index contributed by atoms with van der Waals surface area (Å²) in [4.78, 5) is 2.42. The van der Waals surface area contributed by atoms with Crippen molar-refractivity contribution >= 4 is 38.6 Å². The van der Waals surface area contributed by atoms with Crippen molar-refractivity contribution in [2.24, 2.45) is 0 Å². The van der Waals surface area contributed by atoms with Gasteiger partial charge in [-0.15, -0.1) is 0 Å². The third-order valence-electron chi connectivity index (χ3n) is 11.1. The molecule has 268 valence electrons. The van der Waals surface area contributed by atoms with Crippen LogP contribution in [0, 0.1) is 0 Å². The van der Waals surface area contributed by atoms with Gasteiger partial charge in [0.1, 0.15) is 0 Å². The summed E-state index contributed by atoms with van der Waals surface area (Å²) in [5.41, 5.74) is 15.2. The SMILES string of the molecule is c1ccc(-c2ccccc2-c2ccccc2N(c2ccc(-c3ccccc3-c3ccc4ccccc4c3)cc2)c2cccc(-c3ccc4ccccc4c3)c2)cc1. The molecule has 0 N–H and O–H groups in total. The highest BCUT2D eigenvalue weighted by atomic mass is 15.1. The average molecular weight is 726 g/mol. The van der Waals surface area contributed by atoms with Crippen LogP contribution in [0.25, 0.3) is 77.2 Å². The number of hydrogen-bond donors (Lipinski definition) is 0. The first-order valence-electron chi connectivity index (χ1n) is 19.6. The second-order valence-electron chi connectivity index (χ2n) is 14.5. The van der Waals surface area contributed by atoms with Crippen LogP contribution in [-0.2, 0) is 0 Å². The van der Waals surface area contributed by atoms with Crippen molar-refractivity contribution in [1.29, 1.82) is 0 Å². The summed E-state index contributed by atoms with van der Waals surface area (Å²) in [7, 11) is 0. The smallest absolute Gasteiger partial charge is 0.0540 e. The monoisotopic (exact) mass is 725 g/mol. The molecule has 10 aromatic rings. The Balaban J connectivity index is 1.12. The van der Waals surface area contributed by atoms with Crippen LogP contribution in [-0.4, -0.2) is 0 Å². The van der Waals surface area contributed by atoms with Crippen molar-refractivity contribution in [3.05, 3.63) is 237 Å². The van der Waals surface area contributed by atoms with E-state index in [1.807, 2.05) is 0 Å². The minimum atomic E-state index is 1.09. The van der Waals surface area contributed by atoms with Crippen LogP contribution in [0.4, 0.5) is 17.1 Å². The van der Waals surface area contributed by atoms with Gasteiger partial charge in [-0.2, -0.15) is 0 Å². The van der Waals surface area contributed by atoms with Crippen LogP contribution in [0.3, 0.4) is 0 Å². The molecule has 0 spiro atoms. The zero-order valence-corrected chi connectivity index (χ0v) is 31.5. The molecule has 1 heteroatoms. The van der Waals surface area contributed by atoms with E-state index in [4.69, 9.17) is 0 Å². The number of hydrogen-bond acceptors (Lipinski definition) is 1. The van der Waals surface area contributed by atoms with E-state index in [2.05, 4.69) is 241 Å². The Labute approximate surface area is 334 Å². The molecule has 0 unspecified atom stereocenters. The summed E-state index contributed by atoms with van der Waals surface area (Å²) in [5, 5.41) is 4.97. The van der Waals surface area contributed by atoms with Gasteiger partial charge in [0.25, 0.3) is 0 Å². The van der Waals surface area contributed by atoms with Crippen LogP contribution in [0.2, 0.25) is 0 Å². The van der Waals surface area contributed by atoms with Crippen molar-refractivity contribution in [1.82, 2.24) is 0 Å². The van der Waals surface area contributed by atoms with Gasteiger partial charge in [-0.05, 0) is 114 Å². The van der Waals surface area contributed by atoms with Crippen molar-refractivity contribution in [3.63, 3.8) is 0 Å². The molecule has 0 atom stereocenters. The summed E-state index contributed by atoms with van der Waals surface area (Å²) < 4.78 is 0. The van der Waals surface area contributed by atoms with Gasteiger partial charge in [-0.3, -0.25) is 0 Å². The van der Waals surface area contributed by atoms with Crippen molar-refractivity contribution < 1.29 is 0 Å². The van der Waals surface area contributed by atoms with E-state index >= 15 is 0 Å². The Morgan fingerprint density at radius 3 is 1.33 bits per heavy atom. The second kappa shape index (κ2) is 15.0. The highest BCUT2D eigenvalue weighted by Gasteiger charge is 2.20. The van der Waals surface area contributed by atoms with Crippen LogP contribution < -0.4 is 4.90 Å². The molecule has 1 nitrogen and oxygen atoms in total. The van der Waals surface area contributed by atoms with Crippen molar-refractivity contribution in [2.75, 3.05) is 4.90 Å². The molecule has 0 radical (unpaired) electrons. The van der Waals surface area contributed by atoms with E-state index < -0.39 is 0 Å². The van der Waals surface area contributed by atoms with E-state index in [-0.39, 0.29) is 0 Å². The summed E-state index contributed by atoms with van der Waals surface area (Å²) >= 11 is 0. The Kier molecular flexibility index (Phi) is 8.95. The molecule has 10 rings (SSSR count). The second-order valence-corrected chi connectivity index (χ2v) is 14.5. The van der Waals surface area contributed by atoms with Gasteiger partial charge in [-0.1, -0.05) is 194 Å². The zero-order chi connectivity index (χ0) is 38.0. The Hall–Kier alpha value is -7.48.